The predicted octanol–water partition coefficient (Wildman–Crippen LogP) is 7.32. The number of carbonyl (C=O) groups excluding carboxylic acids is 1. The van der Waals surface area contributed by atoms with Crippen LogP contribution in [-0.2, 0) is 17.8 Å². The molecule has 4 nitrogen and oxygen atoms in total. The van der Waals surface area contributed by atoms with Crippen molar-refractivity contribution < 1.29 is 6.22 Å². The zero-order valence-corrected chi connectivity index (χ0v) is 21.6. The van der Waals surface area contributed by atoms with Gasteiger partial charge in [-0.25, -0.2) is 0 Å². The van der Waals surface area contributed by atoms with Crippen LogP contribution in [0.3, 0.4) is 0 Å². The molecule has 0 spiro atoms. The number of rotatable bonds is 4. The lowest BCUT2D eigenvalue weighted by atomic mass is 9.94. The largest absolute Gasteiger partial charge is 0.355 e. The molecule has 0 fully saturated rings. The van der Waals surface area contributed by atoms with E-state index < -0.39 is 0 Å². The molecule has 0 bridgehead atoms. The molecule has 1 aromatic heterocycles. The zero-order valence-electron chi connectivity index (χ0n) is 21.6. The minimum absolute atomic E-state index is 0. The van der Waals surface area contributed by atoms with E-state index in [4.69, 9.17) is 9.78 Å². The first-order valence-electron chi connectivity index (χ1n) is 13.1. The number of anilines is 2. The first kappa shape index (κ1) is 24.7. The number of aryl methyl sites for hydroxylation is 1. The second-order valence-corrected chi connectivity index (χ2v) is 9.72. The first-order chi connectivity index (χ1) is 18.2. The highest BCUT2D eigenvalue weighted by atomic mass is 16.1. The third-order valence-electron chi connectivity index (χ3n) is 7.30. The van der Waals surface area contributed by atoms with Gasteiger partial charge in [0.25, 0.3) is 0 Å². The van der Waals surface area contributed by atoms with Crippen molar-refractivity contribution in [1.82, 2.24) is 9.88 Å². The van der Waals surface area contributed by atoms with Crippen LogP contribution in [0.15, 0.2) is 72.9 Å². The summed E-state index contributed by atoms with van der Waals surface area (Å²) >= 11 is 0. The minimum atomic E-state index is 0. The van der Waals surface area contributed by atoms with Crippen molar-refractivity contribution in [2.75, 3.05) is 11.9 Å². The summed E-state index contributed by atoms with van der Waals surface area (Å²) in [6.45, 7) is 5.74. The van der Waals surface area contributed by atoms with Gasteiger partial charge in [-0.3, -0.25) is 9.88 Å². The molecule has 2 aliphatic rings. The Kier molecular flexibility index (Phi) is 7.63. The molecule has 1 unspecified atom stereocenters. The predicted molar refractivity (Wildman–Crippen MR) is 155 cm³/mol. The molecule has 1 aliphatic carbocycles. The third-order valence-corrected chi connectivity index (χ3v) is 7.30. The molecule has 6 rings (SSSR count). The fourth-order valence-electron chi connectivity index (χ4n) is 5.35. The van der Waals surface area contributed by atoms with Crippen LogP contribution in [0.1, 0.15) is 44.3 Å². The van der Waals surface area contributed by atoms with E-state index in [0.717, 1.165) is 50.0 Å². The van der Waals surface area contributed by atoms with Gasteiger partial charge in [-0.2, -0.15) is 0 Å². The molecule has 0 radical (unpaired) electrons. The Labute approximate surface area is 221 Å². The van der Waals surface area contributed by atoms with E-state index in [1.807, 2.05) is 6.20 Å². The summed E-state index contributed by atoms with van der Waals surface area (Å²) in [5.74, 6) is 6.57. The molecule has 0 amide bonds. The van der Waals surface area contributed by atoms with Crippen LogP contribution < -0.4 is 5.32 Å². The molecule has 3 aromatic carbocycles. The lowest BCUT2D eigenvalue weighted by Crippen LogP contribution is -2.39. The van der Waals surface area contributed by atoms with E-state index in [0.29, 0.717) is 6.04 Å². The van der Waals surface area contributed by atoms with Crippen LogP contribution in [0.25, 0.3) is 22.0 Å². The molecule has 0 saturated heterocycles. The quantitative estimate of drug-likeness (QED) is 0.241. The van der Waals surface area contributed by atoms with Crippen molar-refractivity contribution in [3.63, 3.8) is 0 Å². The van der Waals surface area contributed by atoms with Gasteiger partial charge in [-0.15, -0.1) is 11.8 Å². The number of carbonyl (C=O) groups is 1. The van der Waals surface area contributed by atoms with Crippen LogP contribution in [0.4, 0.5) is 11.4 Å². The lowest BCUT2D eigenvalue weighted by Gasteiger charge is -2.36. The smallest absolute Gasteiger partial charge is 0.116 e. The first-order valence-corrected chi connectivity index (χ1v) is 13.1. The Balaban J connectivity index is 0.000000804. The van der Waals surface area contributed by atoms with Crippen LogP contribution in [-0.4, -0.2) is 28.8 Å². The van der Waals surface area contributed by atoms with Gasteiger partial charge in [0.2, 0.25) is 0 Å². The molecule has 37 heavy (non-hydrogen) atoms. The van der Waals surface area contributed by atoms with Gasteiger partial charge in [-0.05, 0) is 73.0 Å². The lowest BCUT2D eigenvalue weighted by molar-refractivity contribution is -0.106. The number of fused-ring (bicyclic) bond motifs is 2. The second-order valence-electron chi connectivity index (χ2n) is 9.72. The summed E-state index contributed by atoms with van der Waals surface area (Å²) in [4.78, 5) is 16.2. The topological polar surface area (TPSA) is 45.2 Å². The van der Waals surface area contributed by atoms with Gasteiger partial charge >= 0.3 is 0 Å². The average Bonchev–Trinajstić information content (AvgIpc) is 2.94. The molecular weight excluding hydrogens is 454 g/mol. The Morgan fingerprint density at radius 1 is 1.05 bits per heavy atom. The molecule has 1 aliphatic heterocycles. The van der Waals surface area contributed by atoms with Gasteiger partial charge in [-0.1, -0.05) is 42.5 Å². The Hall–Kier alpha value is -3.94. The maximum Gasteiger partial charge on any atom is 0.116 e. The van der Waals surface area contributed by atoms with E-state index in [2.05, 4.69) is 95.7 Å². The van der Waals surface area contributed by atoms with E-state index in [1.54, 1.807) is 0 Å². The molecule has 1 N–H and O–H groups in total. The van der Waals surface area contributed by atoms with E-state index in [1.165, 1.54) is 52.1 Å². The van der Waals surface area contributed by atoms with Crippen LogP contribution in [0, 0.1) is 18.8 Å². The van der Waals surface area contributed by atoms with Gasteiger partial charge in [0.1, 0.15) is 6.29 Å². The summed E-state index contributed by atoms with van der Waals surface area (Å²) in [5.41, 5.74) is 8.64. The summed E-state index contributed by atoms with van der Waals surface area (Å²) in [5, 5.41) is 6.12. The van der Waals surface area contributed by atoms with Crippen molar-refractivity contribution in [3.05, 3.63) is 89.6 Å². The maximum absolute atomic E-state index is 8.81. The van der Waals surface area contributed by atoms with Crippen LogP contribution in [0.2, 0.25) is 0 Å². The molecule has 188 valence electrons. The van der Waals surface area contributed by atoms with Crippen molar-refractivity contribution >= 4 is 28.4 Å². The molecule has 0 saturated carbocycles. The number of aromatic nitrogens is 1. The molecule has 2 heterocycles. The molecule has 4 heteroatoms. The fourth-order valence-corrected chi connectivity index (χ4v) is 5.35. The van der Waals surface area contributed by atoms with E-state index in [9.17, 15) is 0 Å². The standard InChI is InChI=1S/C31H29N3.C2H4O.H2/c1-22-14-15-26(19-29(22)31-18-23-8-5-6-9-24(23)20-32-31)33-30-13-7-10-25-21-34(17-16-28(25)30)27-11-3-2-4-12-27;1-2-3;/h5-10,13-15,18-20,27,33H,3,11-12,16-17,21H2,1H3;2H,1H3;1H. The summed E-state index contributed by atoms with van der Waals surface area (Å²) in [7, 11) is 0. The Morgan fingerprint density at radius 3 is 2.70 bits per heavy atom. The highest BCUT2D eigenvalue weighted by molar-refractivity contribution is 5.86. The molecular formula is C33H35N3O. The highest BCUT2D eigenvalue weighted by Gasteiger charge is 2.25. The van der Waals surface area contributed by atoms with E-state index in [-0.39, 0.29) is 1.43 Å². The highest BCUT2D eigenvalue weighted by Crippen LogP contribution is 2.33. The van der Waals surface area contributed by atoms with Gasteiger partial charge < -0.3 is 10.1 Å². The number of pyridine rings is 1. The van der Waals surface area contributed by atoms with Crippen molar-refractivity contribution in [2.24, 2.45) is 0 Å². The van der Waals surface area contributed by atoms with Gasteiger partial charge in [0.15, 0.2) is 0 Å². The van der Waals surface area contributed by atoms with Crippen LogP contribution >= 0.6 is 0 Å². The van der Waals surface area contributed by atoms with Crippen molar-refractivity contribution in [2.45, 2.75) is 52.1 Å². The summed E-state index contributed by atoms with van der Waals surface area (Å²) in [6.07, 6.45) is 7.06. The summed E-state index contributed by atoms with van der Waals surface area (Å²) in [6, 6.07) is 24.5. The van der Waals surface area contributed by atoms with Crippen molar-refractivity contribution in [1.29, 1.82) is 0 Å². The monoisotopic (exact) mass is 489 g/mol. The number of nitrogens with zero attached hydrogens (tertiary/aromatic N) is 2. The zero-order chi connectivity index (χ0) is 25.6. The number of aldehydes is 1. The summed E-state index contributed by atoms with van der Waals surface area (Å²) < 4.78 is 0. The van der Waals surface area contributed by atoms with Gasteiger partial charge in [0.05, 0.1) is 5.69 Å². The normalized spacial score (nSPS) is 16.5. The van der Waals surface area contributed by atoms with Crippen molar-refractivity contribution in [3.8, 4) is 23.1 Å². The maximum atomic E-state index is 8.81. The molecule has 4 aromatic rings. The number of nitrogens with one attached hydrogen (secondary N) is 1. The fraction of sp³-hybridized carbons (Fsp3) is 0.273. The third kappa shape index (κ3) is 5.58. The minimum Gasteiger partial charge on any atom is -0.355 e. The number of hydrogen-bond acceptors (Lipinski definition) is 4. The number of benzene rings is 3. The average molecular weight is 490 g/mol. The Bertz CT molecular complexity index is 1490. The Morgan fingerprint density at radius 2 is 1.89 bits per heavy atom. The SMILES string of the molecule is CC=O.Cc1ccc(Nc2cccc3c2CCN(C2CC#CCC2)C3)cc1-c1cc2ccccc2cn1.[HH]. The van der Waals surface area contributed by atoms with Gasteiger partial charge in [0, 0.05) is 61.9 Å². The molecule has 1 atom stereocenters. The number of hydrogen-bond donors (Lipinski definition) is 1. The second kappa shape index (κ2) is 11.4. The van der Waals surface area contributed by atoms with Crippen LogP contribution in [0.5, 0.6) is 0 Å². The van der Waals surface area contributed by atoms with E-state index >= 15 is 0 Å².